The van der Waals surface area contributed by atoms with Crippen LogP contribution in [0.3, 0.4) is 0 Å². The van der Waals surface area contributed by atoms with E-state index in [-0.39, 0.29) is 12.1 Å². The van der Waals surface area contributed by atoms with Crippen molar-refractivity contribution in [1.29, 1.82) is 0 Å². The lowest BCUT2D eigenvalue weighted by Crippen LogP contribution is -2.35. The van der Waals surface area contributed by atoms with Gasteiger partial charge in [-0.2, -0.15) is 5.10 Å². The zero-order valence-corrected chi connectivity index (χ0v) is 13.8. The van der Waals surface area contributed by atoms with E-state index in [1.54, 1.807) is 0 Å². The highest BCUT2D eigenvalue weighted by Gasteiger charge is 2.32. The summed E-state index contributed by atoms with van der Waals surface area (Å²) in [5.41, 5.74) is 3.20. The number of amides is 2. The van der Waals surface area contributed by atoms with Crippen molar-refractivity contribution in [2.75, 3.05) is 11.9 Å². The maximum absolute atomic E-state index is 12.8. The molecule has 0 saturated carbocycles. The topological polar surface area (TPSA) is 50.2 Å². The summed E-state index contributed by atoms with van der Waals surface area (Å²) >= 11 is 0. The molecule has 23 heavy (non-hydrogen) atoms. The van der Waals surface area contributed by atoms with Gasteiger partial charge in [-0.1, -0.05) is 25.1 Å². The Morgan fingerprint density at radius 3 is 2.91 bits per heavy atom. The van der Waals surface area contributed by atoms with Crippen molar-refractivity contribution >= 4 is 11.7 Å². The molecule has 0 spiro atoms. The number of hydrogen-bond acceptors (Lipinski definition) is 2. The van der Waals surface area contributed by atoms with Crippen molar-refractivity contribution in [3.05, 3.63) is 47.8 Å². The standard InChI is InChI=1S/C18H24N4O/c1-3-14-8-5-6-9-15(14)20-18(23)21-13-7-10-16(21)17-11-12-19-22(17)4-2/h5-6,8-9,11-12,16H,3-4,7,10,13H2,1-2H3,(H,20,23)/t16-/m1/s1. The average molecular weight is 312 g/mol. The van der Waals surface area contributed by atoms with Crippen LogP contribution in [0.4, 0.5) is 10.5 Å². The first-order valence-electron chi connectivity index (χ1n) is 8.41. The van der Waals surface area contributed by atoms with Gasteiger partial charge < -0.3 is 10.2 Å². The molecule has 2 heterocycles. The summed E-state index contributed by atoms with van der Waals surface area (Å²) in [6.45, 7) is 5.80. The number of nitrogens with zero attached hydrogens (tertiary/aromatic N) is 3. The number of aryl methyl sites for hydroxylation is 2. The molecular weight excluding hydrogens is 288 g/mol. The van der Waals surface area contributed by atoms with E-state index in [2.05, 4.69) is 30.3 Å². The van der Waals surface area contributed by atoms with Crippen molar-refractivity contribution < 1.29 is 4.79 Å². The molecule has 1 N–H and O–H groups in total. The van der Waals surface area contributed by atoms with Gasteiger partial charge >= 0.3 is 6.03 Å². The summed E-state index contributed by atoms with van der Waals surface area (Å²) in [6.07, 6.45) is 4.75. The number of carbonyl (C=O) groups is 1. The van der Waals surface area contributed by atoms with Crippen LogP contribution in [0, 0.1) is 0 Å². The van der Waals surface area contributed by atoms with Gasteiger partial charge in [0.25, 0.3) is 0 Å². The normalized spacial score (nSPS) is 17.5. The maximum Gasteiger partial charge on any atom is 0.322 e. The highest BCUT2D eigenvalue weighted by atomic mass is 16.2. The van der Waals surface area contributed by atoms with Gasteiger partial charge in [-0.15, -0.1) is 0 Å². The molecule has 0 aliphatic carbocycles. The average Bonchev–Trinajstić information content (AvgIpc) is 3.23. The van der Waals surface area contributed by atoms with Gasteiger partial charge in [-0.05, 0) is 43.9 Å². The zero-order chi connectivity index (χ0) is 16.2. The second-order valence-corrected chi connectivity index (χ2v) is 5.86. The molecule has 5 nitrogen and oxygen atoms in total. The number of carbonyl (C=O) groups excluding carboxylic acids is 1. The van der Waals surface area contributed by atoms with Gasteiger partial charge in [-0.25, -0.2) is 4.79 Å². The van der Waals surface area contributed by atoms with Crippen LogP contribution in [-0.2, 0) is 13.0 Å². The Labute approximate surface area is 137 Å². The van der Waals surface area contributed by atoms with E-state index < -0.39 is 0 Å². The molecule has 3 rings (SSSR count). The lowest BCUT2D eigenvalue weighted by molar-refractivity contribution is 0.204. The maximum atomic E-state index is 12.8. The van der Waals surface area contributed by atoms with Crippen molar-refractivity contribution in [1.82, 2.24) is 14.7 Å². The smallest absolute Gasteiger partial charge is 0.316 e. The quantitative estimate of drug-likeness (QED) is 0.932. The van der Waals surface area contributed by atoms with Crippen LogP contribution in [-0.4, -0.2) is 27.3 Å². The van der Waals surface area contributed by atoms with Crippen LogP contribution in [0.2, 0.25) is 0 Å². The Kier molecular flexibility index (Phi) is 4.65. The Morgan fingerprint density at radius 1 is 1.30 bits per heavy atom. The molecule has 0 radical (unpaired) electrons. The van der Waals surface area contributed by atoms with Crippen molar-refractivity contribution in [2.45, 2.75) is 45.7 Å². The highest BCUT2D eigenvalue weighted by Crippen LogP contribution is 2.32. The van der Waals surface area contributed by atoms with Crippen molar-refractivity contribution in [3.63, 3.8) is 0 Å². The van der Waals surface area contributed by atoms with Gasteiger partial charge in [0.1, 0.15) is 0 Å². The summed E-state index contributed by atoms with van der Waals surface area (Å²) in [7, 11) is 0. The van der Waals surface area contributed by atoms with E-state index in [1.807, 2.05) is 40.0 Å². The number of benzene rings is 1. The Morgan fingerprint density at radius 2 is 2.13 bits per heavy atom. The lowest BCUT2D eigenvalue weighted by atomic mass is 10.1. The third-order valence-electron chi connectivity index (χ3n) is 4.54. The fourth-order valence-corrected chi connectivity index (χ4v) is 3.35. The van der Waals surface area contributed by atoms with Crippen LogP contribution in [0.25, 0.3) is 0 Å². The number of para-hydroxylation sites is 1. The molecule has 1 aliphatic heterocycles. The van der Waals surface area contributed by atoms with E-state index in [4.69, 9.17) is 0 Å². The first-order chi connectivity index (χ1) is 11.2. The van der Waals surface area contributed by atoms with E-state index in [1.165, 1.54) is 0 Å². The van der Waals surface area contributed by atoms with Gasteiger partial charge in [0.05, 0.1) is 11.7 Å². The number of anilines is 1. The van der Waals surface area contributed by atoms with E-state index >= 15 is 0 Å². The molecule has 1 atom stereocenters. The number of urea groups is 1. The number of likely N-dealkylation sites (tertiary alicyclic amines) is 1. The van der Waals surface area contributed by atoms with Crippen LogP contribution in [0.15, 0.2) is 36.5 Å². The van der Waals surface area contributed by atoms with E-state index in [0.29, 0.717) is 0 Å². The molecule has 122 valence electrons. The van der Waals surface area contributed by atoms with Gasteiger partial charge in [-0.3, -0.25) is 4.68 Å². The van der Waals surface area contributed by atoms with E-state index in [9.17, 15) is 4.79 Å². The SMILES string of the molecule is CCc1ccccc1NC(=O)N1CCC[C@@H]1c1ccnn1CC. The molecule has 0 unspecified atom stereocenters. The highest BCUT2D eigenvalue weighted by molar-refractivity contribution is 5.90. The van der Waals surface area contributed by atoms with Crippen LogP contribution < -0.4 is 5.32 Å². The van der Waals surface area contributed by atoms with E-state index in [0.717, 1.165) is 49.3 Å². The second-order valence-electron chi connectivity index (χ2n) is 5.86. The summed E-state index contributed by atoms with van der Waals surface area (Å²) in [6, 6.07) is 10.1. The molecule has 5 heteroatoms. The number of nitrogens with one attached hydrogen (secondary N) is 1. The van der Waals surface area contributed by atoms with Crippen LogP contribution in [0.5, 0.6) is 0 Å². The molecule has 1 aromatic heterocycles. The Hall–Kier alpha value is -2.30. The second kappa shape index (κ2) is 6.86. The molecule has 0 bridgehead atoms. The minimum atomic E-state index is -0.0164. The first-order valence-corrected chi connectivity index (χ1v) is 8.41. The van der Waals surface area contributed by atoms with Gasteiger partial charge in [0.2, 0.25) is 0 Å². The number of aromatic nitrogens is 2. The molecule has 1 aromatic carbocycles. The predicted molar refractivity (Wildman–Crippen MR) is 91.4 cm³/mol. The number of hydrogen-bond donors (Lipinski definition) is 1. The third-order valence-corrected chi connectivity index (χ3v) is 4.54. The van der Waals surface area contributed by atoms with Crippen LogP contribution in [0.1, 0.15) is 44.0 Å². The fourth-order valence-electron chi connectivity index (χ4n) is 3.35. The summed E-state index contributed by atoms with van der Waals surface area (Å²) < 4.78 is 1.98. The third kappa shape index (κ3) is 3.09. The van der Waals surface area contributed by atoms with Crippen LogP contribution >= 0.6 is 0 Å². The van der Waals surface area contributed by atoms with Crippen molar-refractivity contribution in [2.24, 2.45) is 0 Å². The minimum Gasteiger partial charge on any atom is -0.316 e. The molecule has 1 aliphatic rings. The molecule has 1 fully saturated rings. The summed E-state index contributed by atoms with van der Waals surface area (Å²) in [5, 5.41) is 7.43. The fraction of sp³-hybridized carbons (Fsp3) is 0.444. The first kappa shape index (κ1) is 15.6. The van der Waals surface area contributed by atoms with Gasteiger partial charge in [0, 0.05) is 25.0 Å². The largest absolute Gasteiger partial charge is 0.322 e. The molecule has 1 saturated heterocycles. The molecular formula is C18H24N4O. The lowest BCUT2D eigenvalue weighted by Gasteiger charge is -2.26. The monoisotopic (exact) mass is 312 g/mol. The van der Waals surface area contributed by atoms with Crippen molar-refractivity contribution in [3.8, 4) is 0 Å². The molecule has 2 aromatic rings. The number of rotatable bonds is 4. The summed E-state index contributed by atoms with van der Waals surface area (Å²) in [4.78, 5) is 14.7. The van der Waals surface area contributed by atoms with Gasteiger partial charge in [0.15, 0.2) is 0 Å². The Bertz CT molecular complexity index is 679. The minimum absolute atomic E-state index is 0.0164. The Balaban J connectivity index is 1.78. The zero-order valence-electron chi connectivity index (χ0n) is 13.8. The predicted octanol–water partition coefficient (Wildman–Crippen LogP) is 3.83. The summed E-state index contributed by atoms with van der Waals surface area (Å²) in [5.74, 6) is 0. The molecule has 2 amide bonds.